The van der Waals surface area contributed by atoms with Gasteiger partial charge in [0.15, 0.2) is 0 Å². The highest BCUT2D eigenvalue weighted by Gasteiger charge is 2.43. The average molecular weight is 239 g/mol. The molecule has 1 aromatic rings. The average Bonchev–Trinajstić information content (AvgIpc) is 2.75. The van der Waals surface area contributed by atoms with E-state index in [0.717, 1.165) is 37.2 Å². The van der Waals surface area contributed by atoms with Crippen molar-refractivity contribution in [1.82, 2.24) is 15.1 Å². The predicted octanol–water partition coefficient (Wildman–Crippen LogP) is 1.31. The van der Waals surface area contributed by atoms with Crippen LogP contribution in [0.4, 0.5) is 4.39 Å². The number of aryl methyl sites for hydroxylation is 1. The Hall–Kier alpha value is -0.940. The van der Waals surface area contributed by atoms with Crippen LogP contribution < -0.4 is 5.32 Å². The summed E-state index contributed by atoms with van der Waals surface area (Å²) in [5.74, 6) is 0. The number of rotatable bonds is 1. The van der Waals surface area contributed by atoms with E-state index in [1.807, 2.05) is 17.8 Å². The quantitative estimate of drug-likeness (QED) is 0.803. The summed E-state index contributed by atoms with van der Waals surface area (Å²) < 4.78 is 20.9. The SMILES string of the molecule is Cc1cnn2c1C1(CCNCC1)OC[C@H]2CF. The molecule has 1 atom stereocenters. The van der Waals surface area contributed by atoms with Crippen LogP contribution >= 0.6 is 0 Å². The molecular formula is C12H18FN3O. The van der Waals surface area contributed by atoms with Crippen LogP contribution in [-0.4, -0.2) is 36.2 Å². The second-order valence-electron chi connectivity index (χ2n) is 4.98. The van der Waals surface area contributed by atoms with Gasteiger partial charge in [0.05, 0.1) is 18.5 Å². The normalized spacial score (nSPS) is 27.1. The molecule has 0 bridgehead atoms. The van der Waals surface area contributed by atoms with Crippen molar-refractivity contribution in [3.63, 3.8) is 0 Å². The molecule has 1 N–H and O–H groups in total. The number of alkyl halides is 1. The first kappa shape index (κ1) is 11.2. The van der Waals surface area contributed by atoms with E-state index in [0.29, 0.717) is 6.61 Å². The molecule has 0 saturated carbocycles. The number of nitrogens with one attached hydrogen (secondary N) is 1. The summed E-state index contributed by atoms with van der Waals surface area (Å²) >= 11 is 0. The lowest BCUT2D eigenvalue weighted by molar-refractivity contribution is -0.114. The van der Waals surface area contributed by atoms with Gasteiger partial charge < -0.3 is 10.1 Å². The predicted molar refractivity (Wildman–Crippen MR) is 61.7 cm³/mol. The van der Waals surface area contributed by atoms with Gasteiger partial charge in [0.2, 0.25) is 0 Å². The third-order valence-electron chi connectivity index (χ3n) is 3.90. The van der Waals surface area contributed by atoms with Gasteiger partial charge >= 0.3 is 0 Å². The summed E-state index contributed by atoms with van der Waals surface area (Å²) in [5.41, 5.74) is 1.97. The van der Waals surface area contributed by atoms with Crippen molar-refractivity contribution in [2.45, 2.75) is 31.4 Å². The number of hydrogen-bond donors (Lipinski definition) is 1. The fraction of sp³-hybridized carbons (Fsp3) is 0.750. The Morgan fingerprint density at radius 3 is 3.06 bits per heavy atom. The Morgan fingerprint density at radius 2 is 2.35 bits per heavy atom. The molecule has 0 radical (unpaired) electrons. The van der Waals surface area contributed by atoms with E-state index in [2.05, 4.69) is 10.4 Å². The maximum Gasteiger partial charge on any atom is 0.114 e. The molecule has 0 amide bonds. The number of aromatic nitrogens is 2. The molecule has 94 valence electrons. The van der Waals surface area contributed by atoms with Crippen LogP contribution in [0.25, 0.3) is 0 Å². The maximum absolute atomic E-state index is 13.0. The van der Waals surface area contributed by atoms with Crippen LogP contribution in [0.5, 0.6) is 0 Å². The Labute approximate surface area is 100 Å². The third-order valence-corrected chi connectivity index (χ3v) is 3.90. The number of fused-ring (bicyclic) bond motifs is 2. The molecule has 1 saturated heterocycles. The Kier molecular flexibility index (Phi) is 2.67. The molecular weight excluding hydrogens is 221 g/mol. The number of piperidine rings is 1. The minimum absolute atomic E-state index is 0.239. The van der Waals surface area contributed by atoms with Gasteiger partial charge in [-0.15, -0.1) is 0 Å². The van der Waals surface area contributed by atoms with Gasteiger partial charge in [-0.3, -0.25) is 4.68 Å². The van der Waals surface area contributed by atoms with Crippen LogP contribution in [-0.2, 0) is 10.3 Å². The first-order chi connectivity index (χ1) is 8.27. The molecule has 3 rings (SSSR count). The lowest BCUT2D eigenvalue weighted by Gasteiger charge is -2.43. The highest BCUT2D eigenvalue weighted by Crippen LogP contribution is 2.41. The monoisotopic (exact) mass is 239 g/mol. The summed E-state index contributed by atoms with van der Waals surface area (Å²) in [6, 6.07) is -0.251. The highest BCUT2D eigenvalue weighted by molar-refractivity contribution is 5.26. The second-order valence-corrected chi connectivity index (χ2v) is 4.98. The number of halogens is 1. The molecule has 0 aliphatic carbocycles. The lowest BCUT2D eigenvalue weighted by atomic mass is 9.85. The van der Waals surface area contributed by atoms with Gasteiger partial charge in [-0.05, 0) is 38.4 Å². The smallest absolute Gasteiger partial charge is 0.114 e. The molecule has 2 aliphatic rings. The topological polar surface area (TPSA) is 39.1 Å². The number of ether oxygens (including phenoxy) is 1. The van der Waals surface area contributed by atoms with E-state index in [9.17, 15) is 4.39 Å². The van der Waals surface area contributed by atoms with Crippen molar-refractivity contribution in [3.8, 4) is 0 Å². The Morgan fingerprint density at radius 1 is 1.59 bits per heavy atom. The third kappa shape index (κ3) is 1.60. The summed E-state index contributed by atoms with van der Waals surface area (Å²) in [6.07, 6.45) is 3.72. The van der Waals surface area contributed by atoms with Crippen LogP contribution in [0.15, 0.2) is 6.20 Å². The van der Waals surface area contributed by atoms with Crippen molar-refractivity contribution >= 4 is 0 Å². The van der Waals surface area contributed by atoms with Gasteiger partial charge in [0.1, 0.15) is 18.3 Å². The van der Waals surface area contributed by atoms with Gasteiger partial charge in [0, 0.05) is 0 Å². The summed E-state index contributed by atoms with van der Waals surface area (Å²) in [7, 11) is 0. The van der Waals surface area contributed by atoms with Crippen molar-refractivity contribution in [2.75, 3.05) is 26.4 Å². The van der Waals surface area contributed by atoms with Crippen molar-refractivity contribution in [1.29, 1.82) is 0 Å². The Balaban J connectivity index is 2.05. The van der Waals surface area contributed by atoms with Crippen molar-refractivity contribution in [2.24, 2.45) is 0 Å². The molecule has 17 heavy (non-hydrogen) atoms. The van der Waals surface area contributed by atoms with Gasteiger partial charge in [-0.2, -0.15) is 5.10 Å². The molecule has 1 spiro atoms. The zero-order chi connectivity index (χ0) is 11.9. The number of nitrogens with zero attached hydrogens (tertiary/aromatic N) is 2. The van der Waals surface area contributed by atoms with E-state index in [4.69, 9.17) is 4.74 Å². The Bertz CT molecular complexity index is 412. The fourth-order valence-corrected chi connectivity index (χ4v) is 3.01. The van der Waals surface area contributed by atoms with Crippen molar-refractivity contribution in [3.05, 3.63) is 17.5 Å². The number of hydrogen-bond acceptors (Lipinski definition) is 3. The van der Waals surface area contributed by atoms with Crippen LogP contribution in [0.1, 0.15) is 30.1 Å². The highest BCUT2D eigenvalue weighted by atomic mass is 19.1. The van der Waals surface area contributed by atoms with E-state index in [-0.39, 0.29) is 11.6 Å². The largest absolute Gasteiger partial charge is 0.366 e. The minimum Gasteiger partial charge on any atom is -0.366 e. The maximum atomic E-state index is 13.0. The summed E-state index contributed by atoms with van der Waals surface area (Å²) in [6.45, 7) is 3.95. The zero-order valence-corrected chi connectivity index (χ0v) is 10.1. The molecule has 0 aromatic carbocycles. The molecule has 1 aromatic heterocycles. The molecule has 3 heterocycles. The van der Waals surface area contributed by atoms with Gasteiger partial charge in [-0.25, -0.2) is 4.39 Å². The zero-order valence-electron chi connectivity index (χ0n) is 10.1. The van der Waals surface area contributed by atoms with E-state index in [1.54, 1.807) is 0 Å². The van der Waals surface area contributed by atoms with Crippen LogP contribution in [0.3, 0.4) is 0 Å². The van der Waals surface area contributed by atoms with Crippen LogP contribution in [0.2, 0.25) is 0 Å². The minimum atomic E-state index is -0.414. The van der Waals surface area contributed by atoms with E-state index < -0.39 is 6.67 Å². The fourth-order valence-electron chi connectivity index (χ4n) is 3.01. The molecule has 5 heteroatoms. The van der Waals surface area contributed by atoms with E-state index >= 15 is 0 Å². The second kappa shape index (κ2) is 4.07. The first-order valence-corrected chi connectivity index (χ1v) is 6.22. The van der Waals surface area contributed by atoms with Gasteiger partial charge in [0.25, 0.3) is 0 Å². The summed E-state index contributed by atoms with van der Waals surface area (Å²) in [4.78, 5) is 0. The first-order valence-electron chi connectivity index (χ1n) is 6.22. The summed E-state index contributed by atoms with van der Waals surface area (Å²) in [5, 5.41) is 7.67. The van der Waals surface area contributed by atoms with Crippen LogP contribution in [0, 0.1) is 6.92 Å². The molecule has 2 aliphatic heterocycles. The molecule has 4 nitrogen and oxygen atoms in total. The lowest BCUT2D eigenvalue weighted by Crippen LogP contribution is -2.48. The van der Waals surface area contributed by atoms with E-state index in [1.165, 1.54) is 0 Å². The standard InChI is InChI=1S/C12H18FN3O/c1-9-7-15-16-10(6-13)8-17-12(11(9)16)2-4-14-5-3-12/h7,10,14H,2-6,8H2,1H3/t10-/m1/s1. The van der Waals surface area contributed by atoms with Gasteiger partial charge in [-0.1, -0.05) is 0 Å². The van der Waals surface area contributed by atoms with Crippen molar-refractivity contribution < 1.29 is 9.13 Å². The molecule has 0 unspecified atom stereocenters. The molecule has 1 fully saturated rings.